The number of nitrogens with one attached hydrogen (secondary N) is 1. The SMILES string of the molecule is O=C1NC/C(=C/O)C1=O. The summed E-state index contributed by atoms with van der Waals surface area (Å²) >= 11 is 0. The van der Waals surface area contributed by atoms with Crippen molar-refractivity contribution >= 4 is 11.7 Å². The van der Waals surface area contributed by atoms with Crippen LogP contribution in [0, 0.1) is 0 Å². The minimum absolute atomic E-state index is 0.125. The zero-order valence-electron chi connectivity index (χ0n) is 4.55. The summed E-state index contributed by atoms with van der Waals surface area (Å²) in [6.45, 7) is 0.147. The predicted octanol–water partition coefficient (Wildman–Crippen LogP) is -0.873. The Morgan fingerprint density at radius 1 is 1.56 bits per heavy atom. The van der Waals surface area contributed by atoms with E-state index >= 15 is 0 Å². The van der Waals surface area contributed by atoms with E-state index in [1.165, 1.54) is 0 Å². The largest absolute Gasteiger partial charge is 0.515 e. The van der Waals surface area contributed by atoms with Crippen LogP contribution >= 0.6 is 0 Å². The van der Waals surface area contributed by atoms with Gasteiger partial charge in [-0.3, -0.25) is 9.59 Å². The number of carbonyl (C=O) groups excluding carboxylic acids is 2. The third kappa shape index (κ3) is 0.782. The maximum absolute atomic E-state index is 10.5. The minimum Gasteiger partial charge on any atom is -0.515 e. The van der Waals surface area contributed by atoms with Gasteiger partial charge in [0.25, 0.3) is 11.7 Å². The van der Waals surface area contributed by atoms with Gasteiger partial charge in [-0.05, 0) is 0 Å². The quantitative estimate of drug-likeness (QED) is 0.252. The maximum Gasteiger partial charge on any atom is 0.292 e. The molecule has 0 aromatic carbocycles. The smallest absolute Gasteiger partial charge is 0.292 e. The van der Waals surface area contributed by atoms with Crippen LogP contribution in [0.2, 0.25) is 0 Å². The molecule has 4 heteroatoms. The third-order valence-corrected chi connectivity index (χ3v) is 1.09. The van der Waals surface area contributed by atoms with Crippen molar-refractivity contribution in [3.05, 3.63) is 11.8 Å². The first-order chi connectivity index (χ1) is 4.25. The van der Waals surface area contributed by atoms with Crippen LogP contribution < -0.4 is 5.32 Å². The molecule has 9 heavy (non-hydrogen) atoms. The average Bonchev–Trinajstić information content (AvgIpc) is 2.15. The Morgan fingerprint density at radius 3 is 2.44 bits per heavy atom. The monoisotopic (exact) mass is 127 g/mol. The molecule has 1 amide bonds. The van der Waals surface area contributed by atoms with Crippen molar-refractivity contribution < 1.29 is 14.7 Å². The van der Waals surface area contributed by atoms with Crippen LogP contribution in [0.15, 0.2) is 11.8 Å². The second-order valence-electron chi connectivity index (χ2n) is 1.67. The molecule has 0 saturated carbocycles. The molecule has 1 saturated heterocycles. The first-order valence-corrected chi connectivity index (χ1v) is 2.41. The fourth-order valence-electron chi connectivity index (χ4n) is 0.586. The lowest BCUT2D eigenvalue weighted by atomic mass is 10.2. The van der Waals surface area contributed by atoms with Gasteiger partial charge in [-0.1, -0.05) is 0 Å². The zero-order valence-corrected chi connectivity index (χ0v) is 4.55. The van der Waals surface area contributed by atoms with Crippen LogP contribution in [0.25, 0.3) is 0 Å². The highest BCUT2D eigenvalue weighted by Gasteiger charge is 2.25. The highest BCUT2D eigenvalue weighted by atomic mass is 16.2. The molecule has 2 N–H and O–H groups in total. The van der Waals surface area contributed by atoms with E-state index in [2.05, 4.69) is 5.32 Å². The molecule has 4 nitrogen and oxygen atoms in total. The number of carbonyl (C=O) groups is 2. The molecule has 0 unspecified atom stereocenters. The molecular formula is C5H5NO3. The highest BCUT2D eigenvalue weighted by Crippen LogP contribution is 1.99. The zero-order chi connectivity index (χ0) is 6.85. The predicted molar refractivity (Wildman–Crippen MR) is 28.7 cm³/mol. The molecular weight excluding hydrogens is 122 g/mol. The molecule has 0 aromatic rings. The lowest BCUT2D eigenvalue weighted by Crippen LogP contribution is -2.18. The Bertz CT molecular complexity index is 194. The molecule has 48 valence electrons. The van der Waals surface area contributed by atoms with Crippen molar-refractivity contribution in [2.75, 3.05) is 6.54 Å². The lowest BCUT2D eigenvalue weighted by Gasteiger charge is -1.81. The molecule has 0 radical (unpaired) electrons. The standard InChI is InChI=1S/C5H5NO3/c7-2-3-1-6-5(9)4(3)8/h2,7H,1H2,(H,6,9)/b3-2-. The van der Waals surface area contributed by atoms with Crippen molar-refractivity contribution in [2.45, 2.75) is 0 Å². The molecule has 0 spiro atoms. The van der Waals surface area contributed by atoms with Crippen LogP contribution in [0.1, 0.15) is 0 Å². The number of aliphatic hydroxyl groups is 1. The van der Waals surface area contributed by atoms with Gasteiger partial charge in [0.2, 0.25) is 0 Å². The summed E-state index contributed by atoms with van der Waals surface area (Å²) in [5, 5.41) is 10.5. The van der Waals surface area contributed by atoms with Crippen molar-refractivity contribution in [2.24, 2.45) is 0 Å². The summed E-state index contributed by atoms with van der Waals surface area (Å²) in [6, 6.07) is 0. The van der Waals surface area contributed by atoms with Gasteiger partial charge in [0.15, 0.2) is 0 Å². The molecule has 1 rings (SSSR count). The van der Waals surface area contributed by atoms with Crippen LogP contribution in [0.4, 0.5) is 0 Å². The highest BCUT2D eigenvalue weighted by molar-refractivity contribution is 6.45. The van der Waals surface area contributed by atoms with Gasteiger partial charge < -0.3 is 10.4 Å². The number of rotatable bonds is 0. The fourth-order valence-corrected chi connectivity index (χ4v) is 0.586. The number of Topliss-reactive ketones (excluding diaryl/α,β-unsaturated/α-hetero) is 1. The Hall–Kier alpha value is -1.32. The number of aliphatic hydroxyl groups excluding tert-OH is 1. The third-order valence-electron chi connectivity index (χ3n) is 1.09. The molecule has 1 aliphatic rings. The first kappa shape index (κ1) is 5.81. The van der Waals surface area contributed by atoms with E-state index in [-0.39, 0.29) is 12.1 Å². The van der Waals surface area contributed by atoms with Crippen molar-refractivity contribution in [1.29, 1.82) is 0 Å². The Kier molecular flexibility index (Phi) is 1.22. The normalized spacial score (nSPS) is 22.9. The average molecular weight is 127 g/mol. The topological polar surface area (TPSA) is 66.4 Å². The summed E-state index contributed by atoms with van der Waals surface area (Å²) in [5.74, 6) is -1.28. The van der Waals surface area contributed by atoms with Crippen molar-refractivity contribution in [3.8, 4) is 0 Å². The first-order valence-electron chi connectivity index (χ1n) is 2.41. The summed E-state index contributed by atoms with van der Waals surface area (Å²) in [6.07, 6.45) is 0.653. The summed E-state index contributed by atoms with van der Waals surface area (Å²) in [4.78, 5) is 20.8. The van der Waals surface area contributed by atoms with Gasteiger partial charge in [0.05, 0.1) is 18.4 Å². The van der Waals surface area contributed by atoms with Crippen molar-refractivity contribution in [3.63, 3.8) is 0 Å². The Morgan fingerprint density at radius 2 is 2.22 bits per heavy atom. The summed E-state index contributed by atoms with van der Waals surface area (Å²) in [7, 11) is 0. The second-order valence-corrected chi connectivity index (χ2v) is 1.67. The number of ketones is 1. The molecule has 1 heterocycles. The van der Waals surface area contributed by atoms with Crippen LogP contribution in [0.5, 0.6) is 0 Å². The molecule has 0 aliphatic carbocycles. The lowest BCUT2D eigenvalue weighted by molar-refractivity contribution is -0.133. The van der Waals surface area contributed by atoms with Gasteiger partial charge in [-0.15, -0.1) is 0 Å². The number of hydrogen-bond donors (Lipinski definition) is 2. The van der Waals surface area contributed by atoms with Crippen LogP contribution in [-0.2, 0) is 9.59 Å². The number of hydrogen-bond acceptors (Lipinski definition) is 3. The van der Waals surface area contributed by atoms with E-state index in [9.17, 15) is 9.59 Å². The van der Waals surface area contributed by atoms with Crippen LogP contribution in [0.3, 0.4) is 0 Å². The number of amides is 1. The van der Waals surface area contributed by atoms with E-state index in [1.807, 2.05) is 0 Å². The summed E-state index contributed by atoms with van der Waals surface area (Å²) < 4.78 is 0. The minimum atomic E-state index is -0.643. The molecule has 0 bridgehead atoms. The van der Waals surface area contributed by atoms with E-state index in [4.69, 9.17) is 5.11 Å². The Balaban J connectivity index is 2.86. The summed E-state index contributed by atoms with van der Waals surface area (Å²) in [5.41, 5.74) is 0.125. The maximum atomic E-state index is 10.5. The molecule has 0 aromatic heterocycles. The molecule has 1 fully saturated rings. The van der Waals surface area contributed by atoms with Crippen LogP contribution in [-0.4, -0.2) is 23.3 Å². The fraction of sp³-hybridized carbons (Fsp3) is 0.200. The van der Waals surface area contributed by atoms with E-state index in [1.54, 1.807) is 0 Å². The van der Waals surface area contributed by atoms with Gasteiger partial charge in [0, 0.05) is 0 Å². The second kappa shape index (κ2) is 1.89. The van der Waals surface area contributed by atoms with Crippen molar-refractivity contribution in [1.82, 2.24) is 5.32 Å². The van der Waals surface area contributed by atoms with Gasteiger partial charge in [-0.2, -0.15) is 0 Å². The van der Waals surface area contributed by atoms with Gasteiger partial charge in [0.1, 0.15) is 0 Å². The Labute approximate surface area is 51.2 Å². The van der Waals surface area contributed by atoms with Gasteiger partial charge in [-0.25, -0.2) is 0 Å². The van der Waals surface area contributed by atoms with Gasteiger partial charge >= 0.3 is 0 Å². The van der Waals surface area contributed by atoms with E-state index in [0.29, 0.717) is 6.26 Å². The van der Waals surface area contributed by atoms with E-state index < -0.39 is 11.7 Å². The molecule has 1 aliphatic heterocycles. The molecule has 0 atom stereocenters. The van der Waals surface area contributed by atoms with E-state index in [0.717, 1.165) is 0 Å².